The van der Waals surface area contributed by atoms with Crippen LogP contribution in [0.1, 0.15) is 33.1 Å². The summed E-state index contributed by atoms with van der Waals surface area (Å²) < 4.78 is 0. The Kier molecular flexibility index (Phi) is 3.52. The summed E-state index contributed by atoms with van der Waals surface area (Å²) in [5, 5.41) is 9.05. The molecule has 1 atom stereocenters. The lowest BCUT2D eigenvalue weighted by Gasteiger charge is -2.28. The van der Waals surface area contributed by atoms with Crippen molar-refractivity contribution < 1.29 is 4.79 Å². The van der Waals surface area contributed by atoms with Gasteiger partial charge in [-0.1, -0.05) is 13.0 Å². The monoisotopic (exact) mass is 206 g/mol. The molecule has 1 aliphatic rings. The number of carbonyl (C=O) groups excluding carboxylic acids is 1. The van der Waals surface area contributed by atoms with E-state index >= 15 is 0 Å². The Bertz CT molecular complexity index is 301. The molecule has 0 aromatic heterocycles. The van der Waals surface area contributed by atoms with Gasteiger partial charge in [0.2, 0.25) is 5.91 Å². The molecule has 3 nitrogen and oxygen atoms in total. The zero-order valence-corrected chi connectivity index (χ0v) is 9.49. The van der Waals surface area contributed by atoms with Crippen LogP contribution in [0, 0.1) is 16.7 Å². The Hall–Kier alpha value is -1.30. The first-order chi connectivity index (χ1) is 7.09. The van der Waals surface area contributed by atoms with Gasteiger partial charge in [0.15, 0.2) is 0 Å². The van der Waals surface area contributed by atoms with Gasteiger partial charge in [0, 0.05) is 12.6 Å². The summed E-state index contributed by atoms with van der Waals surface area (Å²) in [6.07, 6.45) is 4.40. The maximum atomic E-state index is 12.2. The first kappa shape index (κ1) is 11.8. The van der Waals surface area contributed by atoms with E-state index in [2.05, 4.69) is 12.6 Å². The summed E-state index contributed by atoms with van der Waals surface area (Å²) in [7, 11) is 0. The minimum atomic E-state index is -0.869. The van der Waals surface area contributed by atoms with Gasteiger partial charge in [0.25, 0.3) is 0 Å². The van der Waals surface area contributed by atoms with E-state index in [1.807, 2.05) is 6.92 Å². The second kappa shape index (κ2) is 4.48. The first-order valence-electron chi connectivity index (χ1n) is 5.42. The summed E-state index contributed by atoms with van der Waals surface area (Å²) in [4.78, 5) is 13.9. The highest BCUT2D eigenvalue weighted by Crippen LogP contribution is 2.32. The van der Waals surface area contributed by atoms with E-state index in [1.54, 1.807) is 17.9 Å². The summed E-state index contributed by atoms with van der Waals surface area (Å²) >= 11 is 0. The molecule has 0 spiro atoms. The normalized spacial score (nSPS) is 18.7. The van der Waals surface area contributed by atoms with Crippen LogP contribution in [0.2, 0.25) is 0 Å². The highest BCUT2D eigenvalue weighted by Gasteiger charge is 2.40. The standard InChI is InChI=1S/C12H18N2O/c1-4-8-14(10-6-7-10)11(15)12(3,5-2)9-13/h4,10H,1,5-8H2,2-3H3. The molecule has 82 valence electrons. The molecule has 1 fully saturated rings. The predicted molar refractivity (Wildman–Crippen MR) is 58.9 cm³/mol. The number of hydrogen-bond donors (Lipinski definition) is 0. The summed E-state index contributed by atoms with van der Waals surface area (Å²) in [5.74, 6) is -0.0464. The molecule has 0 aromatic carbocycles. The molecule has 0 heterocycles. The molecule has 15 heavy (non-hydrogen) atoms. The maximum Gasteiger partial charge on any atom is 0.243 e. The zero-order valence-electron chi connectivity index (χ0n) is 9.49. The molecule has 0 aromatic rings. The number of amides is 1. The molecular weight excluding hydrogens is 188 g/mol. The lowest BCUT2D eigenvalue weighted by atomic mass is 9.87. The molecular formula is C12H18N2O. The molecule has 1 amide bonds. The van der Waals surface area contributed by atoms with Gasteiger partial charge in [-0.2, -0.15) is 5.26 Å². The molecule has 1 unspecified atom stereocenters. The van der Waals surface area contributed by atoms with Crippen LogP contribution < -0.4 is 0 Å². The van der Waals surface area contributed by atoms with Crippen molar-refractivity contribution in [2.75, 3.05) is 6.54 Å². The molecule has 0 aliphatic heterocycles. The van der Waals surface area contributed by atoms with Crippen LogP contribution >= 0.6 is 0 Å². The highest BCUT2D eigenvalue weighted by molar-refractivity contribution is 5.85. The van der Waals surface area contributed by atoms with Crippen molar-refractivity contribution in [3.8, 4) is 6.07 Å². The van der Waals surface area contributed by atoms with Gasteiger partial charge in [0.05, 0.1) is 6.07 Å². The molecule has 0 bridgehead atoms. The molecule has 0 radical (unpaired) electrons. The van der Waals surface area contributed by atoms with Crippen LogP contribution in [0.5, 0.6) is 0 Å². The fourth-order valence-electron chi connectivity index (χ4n) is 1.52. The van der Waals surface area contributed by atoms with Gasteiger partial charge in [-0.15, -0.1) is 6.58 Å². The van der Waals surface area contributed by atoms with Crippen molar-refractivity contribution >= 4 is 5.91 Å². The fourth-order valence-corrected chi connectivity index (χ4v) is 1.52. The summed E-state index contributed by atoms with van der Waals surface area (Å²) in [6.45, 7) is 7.80. The van der Waals surface area contributed by atoms with Gasteiger partial charge < -0.3 is 4.90 Å². The van der Waals surface area contributed by atoms with Crippen molar-refractivity contribution in [1.29, 1.82) is 5.26 Å². The number of nitriles is 1. The van der Waals surface area contributed by atoms with Crippen molar-refractivity contribution in [3.05, 3.63) is 12.7 Å². The third-order valence-electron chi connectivity index (χ3n) is 3.00. The molecule has 0 N–H and O–H groups in total. The van der Waals surface area contributed by atoms with Gasteiger partial charge in [-0.05, 0) is 26.2 Å². The summed E-state index contributed by atoms with van der Waals surface area (Å²) in [6, 6.07) is 2.47. The van der Waals surface area contributed by atoms with Crippen molar-refractivity contribution in [1.82, 2.24) is 4.90 Å². The Morgan fingerprint density at radius 3 is 2.67 bits per heavy atom. The van der Waals surface area contributed by atoms with Gasteiger partial charge in [0.1, 0.15) is 5.41 Å². The van der Waals surface area contributed by atoms with E-state index in [0.717, 1.165) is 12.8 Å². The van der Waals surface area contributed by atoms with Crippen LogP contribution in [-0.2, 0) is 4.79 Å². The summed E-state index contributed by atoms with van der Waals surface area (Å²) in [5.41, 5.74) is -0.869. The average Bonchev–Trinajstić information content (AvgIpc) is 3.07. The van der Waals surface area contributed by atoms with E-state index in [4.69, 9.17) is 5.26 Å². The van der Waals surface area contributed by atoms with Gasteiger partial charge >= 0.3 is 0 Å². The van der Waals surface area contributed by atoms with Crippen molar-refractivity contribution in [2.24, 2.45) is 5.41 Å². The molecule has 0 saturated heterocycles. The Morgan fingerprint density at radius 2 is 2.33 bits per heavy atom. The van der Waals surface area contributed by atoms with E-state index in [0.29, 0.717) is 19.0 Å². The molecule has 3 heteroatoms. The van der Waals surface area contributed by atoms with E-state index in [-0.39, 0.29) is 5.91 Å². The number of rotatable bonds is 5. The van der Waals surface area contributed by atoms with Gasteiger partial charge in [-0.3, -0.25) is 4.79 Å². The lowest BCUT2D eigenvalue weighted by molar-refractivity contribution is -0.138. The second-order valence-electron chi connectivity index (χ2n) is 4.27. The largest absolute Gasteiger partial charge is 0.335 e. The Morgan fingerprint density at radius 1 is 1.73 bits per heavy atom. The highest BCUT2D eigenvalue weighted by atomic mass is 16.2. The van der Waals surface area contributed by atoms with Crippen LogP contribution in [-0.4, -0.2) is 23.4 Å². The molecule has 1 saturated carbocycles. The van der Waals surface area contributed by atoms with Crippen molar-refractivity contribution in [3.63, 3.8) is 0 Å². The minimum absolute atomic E-state index is 0.0464. The smallest absolute Gasteiger partial charge is 0.243 e. The predicted octanol–water partition coefficient (Wildman–Crippen LogP) is 2.10. The van der Waals surface area contributed by atoms with E-state index < -0.39 is 5.41 Å². The lowest BCUT2D eigenvalue weighted by Crippen LogP contribution is -2.42. The Labute approximate surface area is 91.4 Å². The molecule has 1 aliphatic carbocycles. The topological polar surface area (TPSA) is 44.1 Å². The number of carbonyl (C=O) groups is 1. The van der Waals surface area contributed by atoms with Crippen LogP contribution in [0.4, 0.5) is 0 Å². The third kappa shape index (κ3) is 2.38. The average molecular weight is 206 g/mol. The fraction of sp³-hybridized carbons (Fsp3) is 0.667. The SMILES string of the molecule is C=CCN(C(=O)C(C)(C#N)CC)C1CC1. The quantitative estimate of drug-likeness (QED) is 0.646. The first-order valence-corrected chi connectivity index (χ1v) is 5.42. The van der Waals surface area contributed by atoms with Crippen molar-refractivity contribution in [2.45, 2.75) is 39.2 Å². The second-order valence-corrected chi connectivity index (χ2v) is 4.27. The van der Waals surface area contributed by atoms with Crippen LogP contribution in [0.3, 0.4) is 0 Å². The Balaban J connectivity index is 2.79. The number of nitrogens with zero attached hydrogens (tertiary/aromatic N) is 2. The van der Waals surface area contributed by atoms with Gasteiger partial charge in [-0.25, -0.2) is 0 Å². The van der Waals surface area contributed by atoms with E-state index in [1.165, 1.54) is 0 Å². The maximum absolute atomic E-state index is 12.2. The third-order valence-corrected chi connectivity index (χ3v) is 3.00. The van der Waals surface area contributed by atoms with Crippen LogP contribution in [0.25, 0.3) is 0 Å². The zero-order chi connectivity index (χ0) is 11.5. The minimum Gasteiger partial charge on any atom is -0.335 e. The number of hydrogen-bond acceptors (Lipinski definition) is 2. The van der Waals surface area contributed by atoms with E-state index in [9.17, 15) is 4.79 Å². The van der Waals surface area contributed by atoms with Crippen LogP contribution in [0.15, 0.2) is 12.7 Å². The molecule has 1 rings (SSSR count).